The number of benzene rings is 1. The lowest BCUT2D eigenvalue weighted by Gasteiger charge is -2.04. The zero-order valence-electron chi connectivity index (χ0n) is 10.4. The molecule has 0 unspecified atom stereocenters. The molecule has 0 aliphatic heterocycles. The number of nitrogens with zero attached hydrogens (tertiary/aromatic N) is 1. The van der Waals surface area contributed by atoms with Crippen LogP contribution >= 0.6 is 11.3 Å². The fourth-order valence-corrected chi connectivity index (χ4v) is 2.01. The van der Waals surface area contributed by atoms with Gasteiger partial charge in [0.25, 0.3) is 5.91 Å². The number of hydrazone groups is 1. The molecule has 0 aliphatic rings. The Kier molecular flexibility index (Phi) is 4.94. The van der Waals surface area contributed by atoms with Crippen LogP contribution in [0, 0.1) is 5.13 Å². The van der Waals surface area contributed by atoms with Crippen molar-refractivity contribution in [3.8, 4) is 5.75 Å². The van der Waals surface area contributed by atoms with E-state index in [0.29, 0.717) is 4.88 Å². The van der Waals surface area contributed by atoms with Gasteiger partial charge in [0, 0.05) is 5.56 Å². The number of carbonyl (C=O) groups is 1. The number of ether oxygens (including phenoxy) is 1. The molecule has 110 valence electrons. The molecule has 0 spiro atoms. The van der Waals surface area contributed by atoms with Gasteiger partial charge in [0.15, 0.2) is 5.13 Å². The number of rotatable bonds is 5. The van der Waals surface area contributed by atoms with Gasteiger partial charge >= 0.3 is 6.61 Å². The second kappa shape index (κ2) is 6.89. The number of halogens is 3. The fourth-order valence-electron chi connectivity index (χ4n) is 1.40. The minimum absolute atomic E-state index is 0.0425. The highest BCUT2D eigenvalue weighted by atomic mass is 32.1. The lowest BCUT2D eigenvalue weighted by atomic mass is 10.2. The molecule has 0 saturated carbocycles. The molecule has 1 amide bonds. The van der Waals surface area contributed by atoms with E-state index in [9.17, 15) is 18.0 Å². The lowest BCUT2D eigenvalue weighted by Crippen LogP contribution is -2.17. The Morgan fingerprint density at radius 3 is 2.52 bits per heavy atom. The maximum absolute atomic E-state index is 12.7. The Hall–Kier alpha value is -2.35. The van der Waals surface area contributed by atoms with Crippen LogP contribution in [0.1, 0.15) is 15.2 Å². The van der Waals surface area contributed by atoms with Crippen molar-refractivity contribution in [2.45, 2.75) is 6.61 Å². The predicted molar refractivity (Wildman–Crippen MR) is 72.4 cm³/mol. The Labute approximate surface area is 121 Å². The third-order valence-electron chi connectivity index (χ3n) is 2.29. The first kappa shape index (κ1) is 15.0. The first-order valence-corrected chi connectivity index (χ1v) is 6.50. The van der Waals surface area contributed by atoms with Crippen molar-refractivity contribution in [1.29, 1.82) is 0 Å². The average molecular weight is 314 g/mol. The van der Waals surface area contributed by atoms with Crippen molar-refractivity contribution in [2.75, 3.05) is 0 Å². The number of amides is 1. The van der Waals surface area contributed by atoms with Gasteiger partial charge in [-0.15, -0.1) is 11.3 Å². The molecule has 0 atom stereocenters. The van der Waals surface area contributed by atoms with Crippen LogP contribution in [-0.4, -0.2) is 18.7 Å². The number of alkyl halides is 2. The van der Waals surface area contributed by atoms with E-state index in [1.165, 1.54) is 42.6 Å². The summed E-state index contributed by atoms with van der Waals surface area (Å²) in [4.78, 5) is 12.2. The molecule has 4 nitrogen and oxygen atoms in total. The first-order chi connectivity index (χ1) is 10.0. The van der Waals surface area contributed by atoms with Crippen LogP contribution < -0.4 is 10.2 Å². The molecule has 1 aromatic heterocycles. The quantitative estimate of drug-likeness (QED) is 0.680. The maximum Gasteiger partial charge on any atom is 0.387 e. The number of hydrogen-bond acceptors (Lipinski definition) is 4. The molecule has 1 N–H and O–H groups in total. The van der Waals surface area contributed by atoms with Crippen LogP contribution in [0.3, 0.4) is 0 Å². The molecule has 1 aromatic carbocycles. The van der Waals surface area contributed by atoms with Crippen LogP contribution in [0.25, 0.3) is 0 Å². The van der Waals surface area contributed by atoms with E-state index in [0.717, 1.165) is 11.3 Å². The maximum atomic E-state index is 12.7. The monoisotopic (exact) mass is 314 g/mol. The molecule has 21 heavy (non-hydrogen) atoms. The molecule has 1 heterocycles. The Morgan fingerprint density at radius 2 is 1.95 bits per heavy atom. The summed E-state index contributed by atoms with van der Waals surface area (Å²) in [6.45, 7) is -2.92. The second-order valence-corrected chi connectivity index (χ2v) is 4.81. The third-order valence-corrected chi connectivity index (χ3v) is 3.10. The second-order valence-electron chi connectivity index (χ2n) is 3.74. The number of hydrogen-bond donors (Lipinski definition) is 1. The molecule has 8 heteroatoms. The SMILES string of the molecule is O=C(NN=Cc1ccc(F)s1)c1ccc(OC(F)F)cc1. The van der Waals surface area contributed by atoms with Crippen molar-refractivity contribution in [3.63, 3.8) is 0 Å². The topological polar surface area (TPSA) is 50.7 Å². The van der Waals surface area contributed by atoms with E-state index in [1.54, 1.807) is 0 Å². The Morgan fingerprint density at radius 1 is 1.24 bits per heavy atom. The lowest BCUT2D eigenvalue weighted by molar-refractivity contribution is -0.0498. The Balaban J connectivity index is 1.92. The van der Waals surface area contributed by atoms with Crippen molar-refractivity contribution >= 4 is 23.5 Å². The number of thiophene rings is 1. The number of nitrogens with one attached hydrogen (secondary N) is 1. The molecule has 0 fully saturated rings. The molecular weight excluding hydrogens is 305 g/mol. The summed E-state index contributed by atoms with van der Waals surface area (Å²) >= 11 is 0.888. The minimum Gasteiger partial charge on any atom is -0.435 e. The molecule has 0 bridgehead atoms. The molecule has 0 aliphatic carbocycles. The van der Waals surface area contributed by atoms with Gasteiger partial charge in [0.2, 0.25) is 0 Å². The van der Waals surface area contributed by atoms with Crippen molar-refractivity contribution in [3.05, 3.63) is 52.0 Å². The molecule has 2 rings (SSSR count). The van der Waals surface area contributed by atoms with Crippen LogP contribution in [0.15, 0.2) is 41.5 Å². The predicted octanol–water partition coefficient (Wildman–Crippen LogP) is 3.25. The van der Waals surface area contributed by atoms with Gasteiger partial charge in [-0.3, -0.25) is 4.79 Å². The van der Waals surface area contributed by atoms with Gasteiger partial charge in [-0.25, -0.2) is 5.43 Å². The summed E-state index contributed by atoms with van der Waals surface area (Å²) in [5.41, 5.74) is 2.47. The smallest absolute Gasteiger partial charge is 0.387 e. The normalized spacial score (nSPS) is 11.0. The van der Waals surface area contributed by atoms with Gasteiger partial charge in [0.1, 0.15) is 5.75 Å². The minimum atomic E-state index is -2.92. The van der Waals surface area contributed by atoms with E-state index in [1.807, 2.05) is 0 Å². The summed E-state index contributed by atoms with van der Waals surface area (Å²) in [6.07, 6.45) is 1.31. The van der Waals surface area contributed by atoms with E-state index in [-0.39, 0.29) is 16.4 Å². The van der Waals surface area contributed by atoms with Crippen LogP contribution in [0.5, 0.6) is 5.75 Å². The first-order valence-electron chi connectivity index (χ1n) is 5.68. The van der Waals surface area contributed by atoms with Gasteiger partial charge in [-0.2, -0.15) is 18.3 Å². The van der Waals surface area contributed by atoms with Gasteiger partial charge in [-0.05, 0) is 36.4 Å². The van der Waals surface area contributed by atoms with Crippen LogP contribution in [0.4, 0.5) is 13.2 Å². The average Bonchev–Trinajstić information content (AvgIpc) is 2.84. The highest BCUT2D eigenvalue weighted by Crippen LogP contribution is 2.15. The van der Waals surface area contributed by atoms with E-state index in [4.69, 9.17) is 0 Å². The zero-order chi connectivity index (χ0) is 15.2. The number of carbonyl (C=O) groups excluding carboxylic acids is 1. The van der Waals surface area contributed by atoms with Crippen molar-refractivity contribution < 1.29 is 22.7 Å². The van der Waals surface area contributed by atoms with E-state index in [2.05, 4.69) is 15.3 Å². The zero-order valence-corrected chi connectivity index (χ0v) is 11.2. The largest absolute Gasteiger partial charge is 0.435 e. The van der Waals surface area contributed by atoms with E-state index >= 15 is 0 Å². The highest BCUT2D eigenvalue weighted by Gasteiger charge is 2.07. The van der Waals surface area contributed by atoms with Gasteiger partial charge in [-0.1, -0.05) is 0 Å². The van der Waals surface area contributed by atoms with Crippen molar-refractivity contribution in [1.82, 2.24) is 5.43 Å². The Bertz CT molecular complexity index is 641. The molecular formula is C13H9F3N2O2S. The molecule has 0 saturated heterocycles. The third kappa shape index (κ3) is 4.60. The molecule has 2 aromatic rings. The van der Waals surface area contributed by atoms with Crippen LogP contribution in [-0.2, 0) is 0 Å². The van der Waals surface area contributed by atoms with Crippen LogP contribution in [0.2, 0.25) is 0 Å². The summed E-state index contributed by atoms with van der Waals surface area (Å²) in [5, 5.41) is 3.32. The van der Waals surface area contributed by atoms with Gasteiger partial charge in [0.05, 0.1) is 11.1 Å². The van der Waals surface area contributed by atoms with Gasteiger partial charge < -0.3 is 4.74 Å². The summed E-state index contributed by atoms with van der Waals surface area (Å²) in [6, 6.07) is 7.96. The summed E-state index contributed by atoms with van der Waals surface area (Å²) in [7, 11) is 0. The van der Waals surface area contributed by atoms with E-state index < -0.39 is 12.5 Å². The summed E-state index contributed by atoms with van der Waals surface area (Å²) in [5.74, 6) is -0.564. The standard InChI is InChI=1S/C13H9F3N2O2S/c14-11-6-5-10(21-11)7-17-18-12(19)8-1-3-9(4-2-8)20-13(15)16/h1-7,13H,(H,18,19). The fraction of sp³-hybridized carbons (Fsp3) is 0.0769. The molecule has 0 radical (unpaired) electrons. The van der Waals surface area contributed by atoms with Crippen molar-refractivity contribution in [2.24, 2.45) is 5.10 Å². The summed E-state index contributed by atoms with van der Waals surface area (Å²) < 4.78 is 40.8. The highest BCUT2D eigenvalue weighted by molar-refractivity contribution is 7.12.